The summed E-state index contributed by atoms with van der Waals surface area (Å²) in [5.74, 6) is -0.0925. The molecular formula is C16H19N3O. The van der Waals surface area contributed by atoms with Crippen molar-refractivity contribution in [3.05, 3.63) is 47.8 Å². The summed E-state index contributed by atoms with van der Waals surface area (Å²) in [6.07, 6.45) is 10.1. The Labute approximate surface area is 118 Å². The van der Waals surface area contributed by atoms with Gasteiger partial charge in [0.25, 0.3) is 5.91 Å². The highest BCUT2D eigenvalue weighted by molar-refractivity contribution is 5.93. The highest BCUT2D eigenvalue weighted by Gasteiger charge is 2.10. The number of pyridine rings is 1. The molecular weight excluding hydrogens is 250 g/mol. The zero-order chi connectivity index (χ0) is 13.8. The number of allylic oxidation sites excluding steroid dienone is 1. The second kappa shape index (κ2) is 5.90. The summed E-state index contributed by atoms with van der Waals surface area (Å²) in [6.45, 7) is 0.693. The van der Waals surface area contributed by atoms with Crippen LogP contribution in [0.4, 0.5) is 0 Å². The van der Waals surface area contributed by atoms with Gasteiger partial charge in [0.05, 0.1) is 5.52 Å². The fourth-order valence-corrected chi connectivity index (χ4v) is 2.61. The largest absolute Gasteiger partial charge is 0.350 e. The molecule has 0 aromatic carbocycles. The van der Waals surface area contributed by atoms with Crippen LogP contribution in [-0.4, -0.2) is 22.1 Å². The Morgan fingerprint density at radius 1 is 1.35 bits per heavy atom. The van der Waals surface area contributed by atoms with Crippen LogP contribution in [0.1, 0.15) is 42.6 Å². The molecule has 0 spiro atoms. The van der Waals surface area contributed by atoms with Gasteiger partial charge < -0.3 is 5.32 Å². The number of nitrogens with one attached hydrogen (secondary N) is 1. The van der Waals surface area contributed by atoms with Gasteiger partial charge in [0, 0.05) is 12.7 Å². The summed E-state index contributed by atoms with van der Waals surface area (Å²) >= 11 is 0. The molecule has 0 aliphatic heterocycles. The van der Waals surface area contributed by atoms with E-state index in [-0.39, 0.29) is 5.91 Å². The first kappa shape index (κ1) is 12.9. The standard InChI is InChI=1S/C16H19N3O/c20-16(17-10-9-13-6-2-1-3-7-13)15-12-14-8-4-5-11-19(14)18-15/h4-6,8,11-12H,1-3,7,9-10H2,(H,17,20). The van der Waals surface area contributed by atoms with Crippen LogP contribution >= 0.6 is 0 Å². The molecule has 0 saturated heterocycles. The summed E-state index contributed by atoms with van der Waals surface area (Å²) < 4.78 is 1.72. The van der Waals surface area contributed by atoms with Gasteiger partial charge in [-0.3, -0.25) is 4.79 Å². The van der Waals surface area contributed by atoms with Crippen LogP contribution in [0.25, 0.3) is 5.52 Å². The quantitative estimate of drug-likeness (QED) is 0.867. The van der Waals surface area contributed by atoms with Crippen molar-refractivity contribution in [3.8, 4) is 0 Å². The van der Waals surface area contributed by atoms with E-state index in [1.807, 2.05) is 30.5 Å². The van der Waals surface area contributed by atoms with Gasteiger partial charge in [-0.15, -0.1) is 0 Å². The Morgan fingerprint density at radius 2 is 2.30 bits per heavy atom. The molecule has 1 aliphatic rings. The number of nitrogens with zero attached hydrogens (tertiary/aromatic N) is 2. The average Bonchev–Trinajstić information content (AvgIpc) is 2.92. The SMILES string of the molecule is O=C(NCCC1=CCCCC1)c1cc2ccccn2n1. The molecule has 0 unspecified atom stereocenters. The smallest absolute Gasteiger partial charge is 0.271 e. The maximum absolute atomic E-state index is 12.0. The summed E-state index contributed by atoms with van der Waals surface area (Å²) in [6, 6.07) is 7.59. The molecule has 0 atom stereocenters. The summed E-state index contributed by atoms with van der Waals surface area (Å²) in [5, 5.41) is 7.22. The Balaban J connectivity index is 1.57. The molecule has 2 aromatic heterocycles. The van der Waals surface area contributed by atoms with Crippen molar-refractivity contribution >= 4 is 11.4 Å². The minimum Gasteiger partial charge on any atom is -0.350 e. The van der Waals surface area contributed by atoms with Gasteiger partial charge in [-0.1, -0.05) is 17.7 Å². The van der Waals surface area contributed by atoms with Gasteiger partial charge in [-0.05, 0) is 50.3 Å². The molecule has 2 heterocycles. The van der Waals surface area contributed by atoms with Crippen LogP contribution in [0.3, 0.4) is 0 Å². The maximum Gasteiger partial charge on any atom is 0.271 e. The van der Waals surface area contributed by atoms with Crippen LogP contribution in [0.2, 0.25) is 0 Å². The highest BCUT2D eigenvalue weighted by atomic mass is 16.1. The molecule has 3 rings (SSSR count). The third kappa shape index (κ3) is 2.90. The van der Waals surface area contributed by atoms with E-state index in [4.69, 9.17) is 0 Å². The van der Waals surface area contributed by atoms with Crippen molar-refractivity contribution in [2.45, 2.75) is 32.1 Å². The normalized spacial score (nSPS) is 15.1. The number of amides is 1. The van der Waals surface area contributed by atoms with Crippen molar-refractivity contribution in [1.29, 1.82) is 0 Å². The molecule has 4 nitrogen and oxygen atoms in total. The maximum atomic E-state index is 12.0. The van der Waals surface area contributed by atoms with E-state index in [9.17, 15) is 4.79 Å². The van der Waals surface area contributed by atoms with E-state index in [1.54, 1.807) is 4.52 Å². The van der Waals surface area contributed by atoms with Crippen LogP contribution < -0.4 is 5.32 Å². The molecule has 4 heteroatoms. The van der Waals surface area contributed by atoms with Crippen molar-refractivity contribution in [2.24, 2.45) is 0 Å². The molecule has 0 fully saturated rings. The summed E-state index contributed by atoms with van der Waals surface area (Å²) in [5.41, 5.74) is 2.90. The van der Waals surface area contributed by atoms with E-state index in [0.717, 1.165) is 11.9 Å². The Kier molecular flexibility index (Phi) is 3.81. The monoisotopic (exact) mass is 269 g/mol. The number of hydrogen-bond acceptors (Lipinski definition) is 2. The molecule has 0 radical (unpaired) electrons. The van der Waals surface area contributed by atoms with Crippen molar-refractivity contribution in [3.63, 3.8) is 0 Å². The lowest BCUT2D eigenvalue weighted by Crippen LogP contribution is -2.25. The Morgan fingerprint density at radius 3 is 3.10 bits per heavy atom. The lowest BCUT2D eigenvalue weighted by molar-refractivity contribution is 0.0948. The lowest BCUT2D eigenvalue weighted by atomic mass is 9.97. The van der Waals surface area contributed by atoms with E-state index in [1.165, 1.54) is 31.3 Å². The van der Waals surface area contributed by atoms with Crippen LogP contribution in [-0.2, 0) is 0 Å². The first-order chi connectivity index (χ1) is 9.83. The predicted molar refractivity (Wildman–Crippen MR) is 78.7 cm³/mol. The third-order valence-electron chi connectivity index (χ3n) is 3.72. The molecule has 1 N–H and O–H groups in total. The van der Waals surface area contributed by atoms with E-state index < -0.39 is 0 Å². The van der Waals surface area contributed by atoms with E-state index >= 15 is 0 Å². The number of fused-ring (bicyclic) bond motifs is 1. The van der Waals surface area contributed by atoms with Crippen molar-refractivity contribution < 1.29 is 4.79 Å². The van der Waals surface area contributed by atoms with E-state index in [0.29, 0.717) is 12.2 Å². The van der Waals surface area contributed by atoms with Gasteiger partial charge in [0.2, 0.25) is 0 Å². The second-order valence-corrected chi connectivity index (χ2v) is 5.21. The topological polar surface area (TPSA) is 46.4 Å². The van der Waals surface area contributed by atoms with Crippen LogP contribution in [0, 0.1) is 0 Å². The Hall–Kier alpha value is -2.10. The molecule has 0 bridgehead atoms. The Bertz CT molecular complexity index is 609. The van der Waals surface area contributed by atoms with Gasteiger partial charge in [0.15, 0.2) is 5.69 Å². The number of carbonyl (C=O) groups is 1. The number of rotatable bonds is 4. The molecule has 104 valence electrons. The zero-order valence-corrected chi connectivity index (χ0v) is 11.5. The highest BCUT2D eigenvalue weighted by Crippen LogP contribution is 2.19. The van der Waals surface area contributed by atoms with Crippen LogP contribution in [0.15, 0.2) is 42.1 Å². The summed E-state index contributed by atoms with van der Waals surface area (Å²) in [4.78, 5) is 12.0. The third-order valence-corrected chi connectivity index (χ3v) is 3.72. The fraction of sp³-hybridized carbons (Fsp3) is 0.375. The first-order valence-corrected chi connectivity index (χ1v) is 7.23. The summed E-state index contributed by atoms with van der Waals surface area (Å²) in [7, 11) is 0. The lowest BCUT2D eigenvalue weighted by Gasteiger charge is -2.12. The minimum atomic E-state index is -0.0925. The molecule has 1 amide bonds. The molecule has 0 saturated carbocycles. The minimum absolute atomic E-state index is 0.0925. The van der Waals surface area contributed by atoms with Gasteiger partial charge in [0.1, 0.15) is 0 Å². The average molecular weight is 269 g/mol. The second-order valence-electron chi connectivity index (χ2n) is 5.21. The predicted octanol–water partition coefficient (Wildman–Crippen LogP) is 2.95. The number of hydrogen-bond donors (Lipinski definition) is 1. The van der Waals surface area contributed by atoms with Gasteiger partial charge >= 0.3 is 0 Å². The zero-order valence-electron chi connectivity index (χ0n) is 11.5. The van der Waals surface area contributed by atoms with Gasteiger partial charge in [-0.25, -0.2) is 4.52 Å². The first-order valence-electron chi connectivity index (χ1n) is 7.23. The number of aromatic nitrogens is 2. The van der Waals surface area contributed by atoms with Crippen LogP contribution in [0.5, 0.6) is 0 Å². The van der Waals surface area contributed by atoms with Gasteiger partial charge in [-0.2, -0.15) is 5.10 Å². The molecule has 1 aliphatic carbocycles. The molecule has 20 heavy (non-hydrogen) atoms. The van der Waals surface area contributed by atoms with Crippen molar-refractivity contribution in [2.75, 3.05) is 6.54 Å². The number of carbonyl (C=O) groups excluding carboxylic acids is 1. The van der Waals surface area contributed by atoms with Crippen molar-refractivity contribution in [1.82, 2.24) is 14.9 Å². The molecule has 2 aromatic rings. The van der Waals surface area contributed by atoms with E-state index in [2.05, 4.69) is 16.5 Å². The fourth-order valence-electron chi connectivity index (χ4n) is 2.61.